The molecule has 0 aromatic rings. The van der Waals surface area contributed by atoms with E-state index in [1.165, 1.54) is 173 Å². The van der Waals surface area contributed by atoms with Gasteiger partial charge in [0.05, 0.1) is 39.9 Å². The van der Waals surface area contributed by atoms with Crippen LogP contribution < -0.4 is 10.2 Å². The second-order valence-corrected chi connectivity index (χ2v) is 23.1. The van der Waals surface area contributed by atoms with Crippen LogP contribution in [0.5, 0.6) is 0 Å². The van der Waals surface area contributed by atoms with Gasteiger partial charge in [-0.25, -0.2) is 0 Å². The first-order valence-corrected chi connectivity index (χ1v) is 31.6. The topological polar surface area (TPSA) is 108 Å². The highest BCUT2D eigenvalue weighted by atomic mass is 31.2. The average molecular weight is 1020 g/mol. The van der Waals surface area contributed by atoms with Gasteiger partial charge in [-0.1, -0.05) is 274 Å². The molecule has 0 spiro atoms. The molecule has 3 unspecified atom stereocenters. The maximum atomic E-state index is 13.0. The zero-order valence-corrected chi connectivity index (χ0v) is 48.3. The fourth-order valence-corrected chi connectivity index (χ4v) is 9.56. The fraction of sp³-hybridized carbons (Fsp3) is 0.823. The van der Waals surface area contributed by atoms with E-state index in [9.17, 15) is 19.4 Å². The van der Waals surface area contributed by atoms with Gasteiger partial charge in [0.2, 0.25) is 5.91 Å². The van der Waals surface area contributed by atoms with Crippen molar-refractivity contribution >= 4 is 13.7 Å². The number of quaternary nitrogens is 1. The molecule has 0 saturated carbocycles. The summed E-state index contributed by atoms with van der Waals surface area (Å²) in [5.41, 5.74) is 0. The molecule has 0 fully saturated rings. The quantitative estimate of drug-likeness (QED) is 0.0272. The number of nitrogens with one attached hydrogen (secondary N) is 1. The summed E-state index contributed by atoms with van der Waals surface area (Å²) in [7, 11) is 1.28. The van der Waals surface area contributed by atoms with Crippen molar-refractivity contribution in [2.24, 2.45) is 0 Å². The van der Waals surface area contributed by atoms with Crippen LogP contribution in [0, 0.1) is 0 Å². The average Bonchev–Trinajstić information content (AvgIpc) is 3.33. The van der Waals surface area contributed by atoms with E-state index < -0.39 is 20.0 Å². The van der Waals surface area contributed by atoms with Gasteiger partial charge in [0.25, 0.3) is 7.82 Å². The molecule has 8 nitrogen and oxygen atoms in total. The summed E-state index contributed by atoms with van der Waals surface area (Å²) in [5.74, 6) is -0.194. The lowest BCUT2D eigenvalue weighted by Gasteiger charge is -2.30. The van der Waals surface area contributed by atoms with Crippen molar-refractivity contribution in [1.29, 1.82) is 0 Å². The number of carbonyl (C=O) groups excluding carboxylic acids is 1. The number of hydrogen-bond acceptors (Lipinski definition) is 6. The molecule has 0 heterocycles. The van der Waals surface area contributed by atoms with Crippen LogP contribution in [-0.2, 0) is 18.4 Å². The highest BCUT2D eigenvalue weighted by molar-refractivity contribution is 7.45. The largest absolute Gasteiger partial charge is 0.756 e. The molecular formula is C62H117N2O6P. The normalized spacial score (nSPS) is 14.3. The van der Waals surface area contributed by atoms with Crippen LogP contribution in [0.2, 0.25) is 0 Å². The van der Waals surface area contributed by atoms with E-state index in [0.29, 0.717) is 23.9 Å². The maximum Gasteiger partial charge on any atom is 0.268 e. The van der Waals surface area contributed by atoms with Crippen molar-refractivity contribution in [3.63, 3.8) is 0 Å². The Morgan fingerprint density at radius 1 is 0.507 bits per heavy atom. The lowest BCUT2D eigenvalue weighted by molar-refractivity contribution is -0.870. The van der Waals surface area contributed by atoms with Crippen LogP contribution >= 0.6 is 7.82 Å². The van der Waals surface area contributed by atoms with Gasteiger partial charge < -0.3 is 28.8 Å². The number of phosphoric acid groups is 1. The smallest absolute Gasteiger partial charge is 0.268 e. The van der Waals surface area contributed by atoms with Gasteiger partial charge in [0.15, 0.2) is 0 Å². The van der Waals surface area contributed by atoms with Gasteiger partial charge >= 0.3 is 0 Å². The van der Waals surface area contributed by atoms with E-state index in [1.807, 2.05) is 21.1 Å². The van der Waals surface area contributed by atoms with Crippen molar-refractivity contribution in [1.82, 2.24) is 5.32 Å². The van der Waals surface area contributed by atoms with Crippen molar-refractivity contribution in [2.75, 3.05) is 40.9 Å². The van der Waals surface area contributed by atoms with E-state index in [4.69, 9.17) is 9.05 Å². The standard InChI is InChI=1S/C62H117N2O6P/c1-6-8-10-12-14-16-18-20-22-24-26-27-28-29-30-31-32-33-34-35-36-38-39-41-43-45-47-49-51-53-55-61(65)60(59-70-71(67,68)69-58-57-64(3,4)5)63-62(66)56-54-52-50-48-46-44-42-40-37-25-23-21-19-17-15-13-11-9-7-2/h9,11,15,17,21,23,37,40,44,46,60-61,65H,6-8,10,12-14,16,18-20,22,24-36,38-39,41-43,45,47-59H2,1-5H3,(H-,63,66,67,68)/b11-9-,17-15-,23-21-,40-37-,46-44-. The molecule has 0 aromatic heterocycles. The molecule has 3 atom stereocenters. The van der Waals surface area contributed by atoms with Gasteiger partial charge in [-0.3, -0.25) is 9.36 Å². The summed E-state index contributed by atoms with van der Waals surface area (Å²) < 4.78 is 23.4. The van der Waals surface area contributed by atoms with E-state index in [0.717, 1.165) is 77.0 Å². The molecule has 0 aliphatic carbocycles. The molecule has 416 valence electrons. The second kappa shape index (κ2) is 53.0. The lowest BCUT2D eigenvalue weighted by atomic mass is 10.0. The Labute approximate surface area is 441 Å². The highest BCUT2D eigenvalue weighted by Crippen LogP contribution is 2.38. The Morgan fingerprint density at radius 2 is 0.859 bits per heavy atom. The molecule has 0 saturated heterocycles. The summed E-state index contributed by atoms with van der Waals surface area (Å²) in [6.45, 7) is 4.60. The Morgan fingerprint density at radius 3 is 1.24 bits per heavy atom. The minimum atomic E-state index is -4.59. The number of aliphatic hydroxyl groups is 1. The lowest BCUT2D eigenvalue weighted by Crippen LogP contribution is -2.46. The molecule has 0 aromatic carbocycles. The van der Waals surface area contributed by atoms with Crippen LogP contribution in [0.4, 0.5) is 0 Å². The van der Waals surface area contributed by atoms with Gasteiger partial charge in [-0.15, -0.1) is 0 Å². The Kier molecular flexibility index (Phi) is 51.7. The second-order valence-electron chi connectivity index (χ2n) is 21.7. The number of likely N-dealkylation sites (N-methyl/N-ethyl adjacent to an activating group) is 1. The minimum absolute atomic E-state index is 0.00312. The molecule has 2 N–H and O–H groups in total. The first-order chi connectivity index (χ1) is 34.5. The molecule has 0 radical (unpaired) electrons. The first-order valence-electron chi connectivity index (χ1n) is 30.1. The third-order valence-electron chi connectivity index (χ3n) is 13.5. The fourth-order valence-electron chi connectivity index (χ4n) is 8.83. The number of unbranched alkanes of at least 4 members (excludes halogenated alkanes) is 32. The monoisotopic (exact) mass is 1020 g/mol. The van der Waals surface area contributed by atoms with E-state index in [1.54, 1.807) is 0 Å². The zero-order valence-electron chi connectivity index (χ0n) is 47.4. The van der Waals surface area contributed by atoms with E-state index in [-0.39, 0.29) is 19.1 Å². The van der Waals surface area contributed by atoms with E-state index >= 15 is 0 Å². The summed E-state index contributed by atoms with van der Waals surface area (Å²) >= 11 is 0. The van der Waals surface area contributed by atoms with Gasteiger partial charge in [0.1, 0.15) is 13.2 Å². The molecule has 9 heteroatoms. The van der Waals surface area contributed by atoms with Gasteiger partial charge in [-0.05, 0) is 57.8 Å². The predicted molar refractivity (Wildman–Crippen MR) is 307 cm³/mol. The third-order valence-corrected chi connectivity index (χ3v) is 14.5. The number of hydrogen-bond donors (Lipinski definition) is 2. The summed E-state index contributed by atoms with van der Waals surface area (Å²) in [6, 6.07) is -0.822. The maximum absolute atomic E-state index is 13.0. The number of amides is 1. The molecule has 0 aliphatic heterocycles. The molecule has 0 aliphatic rings. The van der Waals surface area contributed by atoms with Crippen LogP contribution in [0.25, 0.3) is 0 Å². The SMILES string of the molecule is CC/C=C\C/C=C\C/C=C\C/C=C\C/C=C\CCCCCC(=O)NC(COP(=O)([O-])OCC[N+](C)(C)C)C(O)CCCCCCCCCCCCCCCCCCCCCCCCCCCCCCCC. The molecular weight excluding hydrogens is 900 g/mol. The van der Waals surface area contributed by atoms with Crippen molar-refractivity contribution in [3.8, 4) is 0 Å². The summed E-state index contributed by atoms with van der Waals surface area (Å²) in [4.78, 5) is 25.5. The molecule has 71 heavy (non-hydrogen) atoms. The zero-order chi connectivity index (χ0) is 52.0. The Hall–Kier alpha value is -1.80. The number of aliphatic hydroxyl groups excluding tert-OH is 1. The third kappa shape index (κ3) is 55.8. The number of rotatable bonds is 55. The Balaban J connectivity index is 4.13. The molecule has 0 rings (SSSR count). The molecule has 0 bridgehead atoms. The number of phosphoric ester groups is 1. The van der Waals surface area contributed by atoms with Crippen LogP contribution in [0.3, 0.4) is 0 Å². The number of nitrogens with zero attached hydrogens (tertiary/aromatic N) is 1. The predicted octanol–water partition coefficient (Wildman–Crippen LogP) is 17.9. The van der Waals surface area contributed by atoms with Crippen molar-refractivity contribution < 1.29 is 32.9 Å². The van der Waals surface area contributed by atoms with Gasteiger partial charge in [0, 0.05) is 6.42 Å². The van der Waals surface area contributed by atoms with Gasteiger partial charge in [-0.2, -0.15) is 0 Å². The molecule has 1 amide bonds. The highest BCUT2D eigenvalue weighted by Gasteiger charge is 2.24. The van der Waals surface area contributed by atoms with Crippen LogP contribution in [-0.4, -0.2) is 68.5 Å². The van der Waals surface area contributed by atoms with Crippen molar-refractivity contribution in [2.45, 2.75) is 289 Å². The number of allylic oxidation sites excluding steroid dienone is 10. The first kappa shape index (κ1) is 69.2. The summed E-state index contributed by atoms with van der Waals surface area (Å²) in [5, 5.41) is 14.0. The van der Waals surface area contributed by atoms with Crippen LogP contribution in [0.15, 0.2) is 60.8 Å². The minimum Gasteiger partial charge on any atom is -0.756 e. The Bertz CT molecular complexity index is 1340. The van der Waals surface area contributed by atoms with Crippen molar-refractivity contribution in [3.05, 3.63) is 60.8 Å². The van der Waals surface area contributed by atoms with Crippen LogP contribution in [0.1, 0.15) is 277 Å². The van der Waals surface area contributed by atoms with E-state index in [2.05, 4.69) is 79.9 Å². The summed E-state index contributed by atoms with van der Waals surface area (Å²) in [6.07, 6.45) is 71.3. The number of carbonyl (C=O) groups is 1.